The normalized spacial score (nSPS) is 15.0. The molecule has 2 heterocycles. The van der Waals surface area contributed by atoms with Crippen molar-refractivity contribution in [3.63, 3.8) is 0 Å². The third kappa shape index (κ3) is 6.37. The predicted molar refractivity (Wildman–Crippen MR) is 136 cm³/mol. The highest BCUT2D eigenvalue weighted by atomic mass is 32.2. The number of para-hydroxylation sites is 1. The molecular formula is C24H27FN4O5S2. The summed E-state index contributed by atoms with van der Waals surface area (Å²) in [4.78, 5) is 33.1. The lowest BCUT2D eigenvalue weighted by atomic mass is 10.2. The number of halogens is 1. The van der Waals surface area contributed by atoms with E-state index in [4.69, 9.17) is 4.74 Å². The van der Waals surface area contributed by atoms with E-state index < -0.39 is 39.0 Å². The van der Waals surface area contributed by atoms with Crippen molar-refractivity contribution in [1.29, 1.82) is 0 Å². The lowest BCUT2D eigenvalue weighted by Gasteiger charge is -2.36. The first-order valence-corrected chi connectivity index (χ1v) is 14.0. The number of hydrogen-bond acceptors (Lipinski definition) is 7. The maximum atomic E-state index is 13.7. The molecule has 1 aliphatic heterocycles. The van der Waals surface area contributed by atoms with Gasteiger partial charge in [-0.3, -0.25) is 9.59 Å². The number of nitrogens with zero attached hydrogens (tertiary/aromatic N) is 4. The molecule has 192 valence electrons. The largest absolute Gasteiger partial charge is 0.383 e. The van der Waals surface area contributed by atoms with Crippen LogP contribution in [-0.2, 0) is 30.7 Å². The zero-order valence-corrected chi connectivity index (χ0v) is 21.4. The minimum Gasteiger partial charge on any atom is -0.383 e. The molecule has 2 amide bonds. The Morgan fingerprint density at radius 2 is 1.78 bits per heavy atom. The van der Waals surface area contributed by atoms with Crippen LogP contribution in [0, 0.1) is 5.82 Å². The molecule has 0 N–H and O–H groups in total. The molecule has 1 fully saturated rings. The Morgan fingerprint density at radius 3 is 2.47 bits per heavy atom. The maximum Gasteiger partial charge on any atom is 0.263 e. The van der Waals surface area contributed by atoms with E-state index >= 15 is 0 Å². The second kappa shape index (κ2) is 11.3. The Kier molecular flexibility index (Phi) is 8.17. The van der Waals surface area contributed by atoms with Gasteiger partial charge in [-0.1, -0.05) is 29.5 Å². The first-order valence-electron chi connectivity index (χ1n) is 11.4. The van der Waals surface area contributed by atoms with Crippen LogP contribution >= 0.6 is 11.3 Å². The molecule has 4 rings (SSSR count). The van der Waals surface area contributed by atoms with Gasteiger partial charge in [0.1, 0.15) is 17.3 Å². The number of piperazine rings is 1. The van der Waals surface area contributed by atoms with Crippen molar-refractivity contribution in [1.82, 2.24) is 9.47 Å². The van der Waals surface area contributed by atoms with E-state index in [0.29, 0.717) is 49.5 Å². The summed E-state index contributed by atoms with van der Waals surface area (Å²) in [6.07, 6.45) is 0. The molecule has 2 aromatic carbocycles. The Labute approximate surface area is 212 Å². The van der Waals surface area contributed by atoms with Crippen LogP contribution in [0.25, 0.3) is 10.2 Å². The minimum absolute atomic E-state index is 0.246. The minimum atomic E-state index is -4.02. The van der Waals surface area contributed by atoms with E-state index in [1.807, 2.05) is 30.3 Å². The van der Waals surface area contributed by atoms with E-state index in [-0.39, 0.29) is 4.80 Å². The van der Waals surface area contributed by atoms with Crippen LogP contribution in [0.15, 0.2) is 53.5 Å². The Bertz CT molecular complexity index is 1410. The molecule has 0 aliphatic carbocycles. The van der Waals surface area contributed by atoms with Crippen molar-refractivity contribution >= 4 is 48.9 Å². The van der Waals surface area contributed by atoms with Gasteiger partial charge in [0.2, 0.25) is 5.91 Å². The van der Waals surface area contributed by atoms with Gasteiger partial charge in [0.25, 0.3) is 5.91 Å². The number of fused-ring (bicyclic) bond motifs is 1. The van der Waals surface area contributed by atoms with Crippen molar-refractivity contribution in [2.24, 2.45) is 4.99 Å². The summed E-state index contributed by atoms with van der Waals surface area (Å²) in [7, 11) is -2.49. The standard InChI is InChI=1S/C24H27FN4O5S2/c1-34-14-13-29-20-8-7-18(25)15-21(20)35-24(29)26-22(30)16-36(32,33)17-23(31)28-11-9-27(10-12-28)19-5-3-2-4-6-19/h2-8,15H,9-14,16-17H2,1H3. The highest BCUT2D eigenvalue weighted by molar-refractivity contribution is 7.92. The number of rotatable bonds is 8. The average molecular weight is 535 g/mol. The predicted octanol–water partition coefficient (Wildman–Crippen LogP) is 1.68. The smallest absolute Gasteiger partial charge is 0.263 e. The summed E-state index contributed by atoms with van der Waals surface area (Å²) in [6.45, 7) is 2.68. The molecule has 0 bridgehead atoms. The third-order valence-corrected chi connectivity index (χ3v) is 8.24. The van der Waals surface area contributed by atoms with Gasteiger partial charge in [0.05, 0.1) is 16.8 Å². The molecule has 12 heteroatoms. The second-order valence-corrected chi connectivity index (χ2v) is 11.5. The van der Waals surface area contributed by atoms with Crippen LogP contribution in [0.1, 0.15) is 0 Å². The molecule has 1 aromatic heterocycles. The molecule has 0 unspecified atom stereocenters. The topological polar surface area (TPSA) is 101 Å². The SMILES string of the molecule is COCCn1c(=NC(=O)CS(=O)(=O)CC(=O)N2CCN(c3ccccc3)CC2)sc2cc(F)ccc21. The summed E-state index contributed by atoms with van der Waals surface area (Å²) < 4.78 is 46.3. The van der Waals surface area contributed by atoms with Gasteiger partial charge in [-0.05, 0) is 30.3 Å². The number of carbonyl (C=O) groups excluding carboxylic acids is 2. The van der Waals surface area contributed by atoms with Gasteiger partial charge >= 0.3 is 0 Å². The zero-order valence-electron chi connectivity index (χ0n) is 19.8. The molecule has 0 spiro atoms. The van der Waals surface area contributed by atoms with Crippen molar-refractivity contribution in [2.75, 3.05) is 56.3 Å². The lowest BCUT2D eigenvalue weighted by molar-refractivity contribution is -0.128. The maximum absolute atomic E-state index is 13.7. The van der Waals surface area contributed by atoms with Gasteiger partial charge in [-0.2, -0.15) is 4.99 Å². The zero-order chi connectivity index (χ0) is 25.7. The van der Waals surface area contributed by atoms with E-state index in [9.17, 15) is 22.4 Å². The van der Waals surface area contributed by atoms with Gasteiger partial charge in [0.15, 0.2) is 14.6 Å². The highest BCUT2D eigenvalue weighted by Gasteiger charge is 2.27. The van der Waals surface area contributed by atoms with Crippen molar-refractivity contribution in [3.8, 4) is 0 Å². The third-order valence-electron chi connectivity index (χ3n) is 5.82. The van der Waals surface area contributed by atoms with Gasteiger partial charge in [-0.25, -0.2) is 12.8 Å². The fourth-order valence-electron chi connectivity index (χ4n) is 4.04. The molecule has 0 saturated carbocycles. The number of ether oxygens (including phenoxy) is 1. The molecule has 36 heavy (non-hydrogen) atoms. The number of hydrogen-bond donors (Lipinski definition) is 0. The van der Waals surface area contributed by atoms with Crippen LogP contribution < -0.4 is 9.70 Å². The monoisotopic (exact) mass is 534 g/mol. The summed E-state index contributed by atoms with van der Waals surface area (Å²) in [5.41, 5.74) is 1.72. The summed E-state index contributed by atoms with van der Waals surface area (Å²) in [6, 6.07) is 14.0. The van der Waals surface area contributed by atoms with Crippen LogP contribution in [0.5, 0.6) is 0 Å². The van der Waals surface area contributed by atoms with Gasteiger partial charge in [-0.15, -0.1) is 0 Å². The number of thiazole rings is 1. The van der Waals surface area contributed by atoms with E-state index in [1.165, 1.54) is 24.1 Å². The molecule has 1 saturated heterocycles. The number of anilines is 1. The average Bonchev–Trinajstić information content (AvgIpc) is 3.18. The van der Waals surface area contributed by atoms with Crippen LogP contribution in [0.3, 0.4) is 0 Å². The molecule has 0 atom stereocenters. The van der Waals surface area contributed by atoms with Crippen LogP contribution in [-0.4, -0.2) is 81.1 Å². The van der Waals surface area contributed by atoms with Gasteiger partial charge in [0, 0.05) is 45.5 Å². The number of aromatic nitrogens is 1. The lowest BCUT2D eigenvalue weighted by Crippen LogP contribution is -2.50. The van der Waals surface area contributed by atoms with Gasteiger partial charge < -0.3 is 19.1 Å². The number of carbonyl (C=O) groups is 2. The fourth-order valence-corrected chi connectivity index (χ4v) is 6.24. The number of amides is 2. The number of methoxy groups -OCH3 is 1. The second-order valence-electron chi connectivity index (χ2n) is 8.38. The quantitative estimate of drug-likeness (QED) is 0.436. The Balaban J connectivity index is 1.41. The Hall–Kier alpha value is -3.09. The van der Waals surface area contributed by atoms with Crippen molar-refractivity contribution in [2.45, 2.75) is 6.54 Å². The number of sulfone groups is 1. The first kappa shape index (κ1) is 26.0. The molecule has 1 aliphatic rings. The Morgan fingerprint density at radius 1 is 1.06 bits per heavy atom. The molecular weight excluding hydrogens is 507 g/mol. The fraction of sp³-hybridized carbons (Fsp3) is 0.375. The van der Waals surface area contributed by atoms with Crippen LogP contribution in [0.2, 0.25) is 0 Å². The molecule has 9 nitrogen and oxygen atoms in total. The first-order chi connectivity index (χ1) is 17.3. The van der Waals surface area contributed by atoms with E-state index in [2.05, 4.69) is 9.89 Å². The summed E-state index contributed by atoms with van der Waals surface area (Å²) in [5, 5.41) is 0. The van der Waals surface area contributed by atoms with Crippen molar-refractivity contribution in [3.05, 3.63) is 59.1 Å². The van der Waals surface area contributed by atoms with Crippen LogP contribution in [0.4, 0.5) is 10.1 Å². The highest BCUT2D eigenvalue weighted by Crippen LogP contribution is 2.19. The molecule has 0 radical (unpaired) electrons. The summed E-state index contributed by atoms with van der Waals surface area (Å²) in [5.74, 6) is -3.46. The van der Waals surface area contributed by atoms with E-state index in [0.717, 1.165) is 17.0 Å². The molecule has 3 aromatic rings. The van der Waals surface area contributed by atoms with Crippen molar-refractivity contribution < 1.29 is 27.1 Å². The summed E-state index contributed by atoms with van der Waals surface area (Å²) >= 11 is 1.08. The van der Waals surface area contributed by atoms with E-state index in [1.54, 1.807) is 10.6 Å². The number of benzene rings is 2.